The van der Waals surface area contributed by atoms with Crippen LogP contribution in [0.4, 0.5) is 5.69 Å². The summed E-state index contributed by atoms with van der Waals surface area (Å²) in [6.45, 7) is 3.23. The highest BCUT2D eigenvalue weighted by atomic mass is 79.9. The Kier molecular flexibility index (Phi) is 3.92. The molecule has 4 heteroatoms. The Hall–Kier alpha value is -0.480. The van der Waals surface area contributed by atoms with Crippen molar-refractivity contribution in [3.8, 4) is 0 Å². The molecule has 16 heavy (non-hydrogen) atoms. The molecule has 0 aliphatic carbocycles. The van der Waals surface area contributed by atoms with Gasteiger partial charge in [-0.25, -0.2) is 0 Å². The molecule has 1 unspecified atom stereocenters. The van der Waals surface area contributed by atoms with Crippen LogP contribution in [0, 0.1) is 0 Å². The molecule has 0 amide bonds. The van der Waals surface area contributed by atoms with E-state index in [9.17, 15) is 4.79 Å². The molecule has 2 nitrogen and oxygen atoms in total. The van der Waals surface area contributed by atoms with Crippen LogP contribution in [0.2, 0.25) is 0 Å². The Morgan fingerprint density at radius 2 is 2.38 bits per heavy atom. The first-order chi connectivity index (χ1) is 7.72. The molecule has 1 aromatic carbocycles. The first-order valence-electron chi connectivity index (χ1n) is 5.31. The summed E-state index contributed by atoms with van der Waals surface area (Å²) in [5.41, 5.74) is 1.83. The van der Waals surface area contributed by atoms with Crippen molar-refractivity contribution in [2.24, 2.45) is 0 Å². The van der Waals surface area contributed by atoms with Gasteiger partial charge in [-0.05, 0) is 25.1 Å². The maximum atomic E-state index is 11.1. The molecule has 0 saturated carbocycles. The third-order valence-electron chi connectivity index (χ3n) is 2.79. The zero-order valence-electron chi connectivity index (χ0n) is 9.15. The van der Waals surface area contributed by atoms with Crippen molar-refractivity contribution < 1.29 is 4.79 Å². The minimum absolute atomic E-state index is 0.499. The first kappa shape index (κ1) is 12.0. The number of carbonyl (C=O) groups excluding carboxylic acids is 1. The summed E-state index contributed by atoms with van der Waals surface area (Å²) in [6, 6.07) is 6.41. The molecule has 0 radical (unpaired) electrons. The molecule has 1 aliphatic rings. The van der Waals surface area contributed by atoms with Crippen LogP contribution >= 0.6 is 27.7 Å². The fraction of sp³-hybridized carbons (Fsp3) is 0.417. The van der Waals surface area contributed by atoms with Gasteiger partial charge in [-0.2, -0.15) is 11.8 Å². The molecule has 1 saturated heterocycles. The maximum absolute atomic E-state index is 11.1. The number of nitrogens with zero attached hydrogens (tertiary/aromatic N) is 1. The Labute approximate surface area is 109 Å². The number of thioether (sulfide) groups is 1. The summed E-state index contributed by atoms with van der Waals surface area (Å²) in [5, 5.41) is 0. The van der Waals surface area contributed by atoms with Gasteiger partial charge in [0.15, 0.2) is 6.29 Å². The standard InChI is InChI=1S/C12H14BrNOS/c1-9-8-16-5-4-14(9)12-3-2-11(13)6-10(12)7-15/h2-3,6-7,9H,4-5,8H2,1H3. The van der Waals surface area contributed by atoms with E-state index >= 15 is 0 Å². The Morgan fingerprint density at radius 3 is 3.06 bits per heavy atom. The third-order valence-corrected chi connectivity index (χ3v) is 4.48. The number of benzene rings is 1. The predicted molar refractivity (Wildman–Crippen MR) is 73.7 cm³/mol. The van der Waals surface area contributed by atoms with E-state index in [-0.39, 0.29) is 0 Å². The molecule has 0 aromatic heterocycles. The molecular weight excluding hydrogens is 286 g/mol. The van der Waals surface area contributed by atoms with E-state index in [1.807, 2.05) is 30.0 Å². The summed E-state index contributed by atoms with van der Waals surface area (Å²) in [7, 11) is 0. The zero-order valence-corrected chi connectivity index (χ0v) is 11.6. The van der Waals surface area contributed by atoms with Crippen LogP contribution in [0.3, 0.4) is 0 Å². The lowest BCUT2D eigenvalue weighted by molar-refractivity contribution is 0.112. The first-order valence-corrected chi connectivity index (χ1v) is 7.26. The summed E-state index contributed by atoms with van der Waals surface area (Å²) in [4.78, 5) is 13.4. The molecule has 2 rings (SSSR count). The Morgan fingerprint density at radius 1 is 1.56 bits per heavy atom. The highest BCUT2D eigenvalue weighted by Gasteiger charge is 2.20. The van der Waals surface area contributed by atoms with Gasteiger partial charge in [0.05, 0.1) is 0 Å². The molecule has 1 atom stereocenters. The fourth-order valence-electron chi connectivity index (χ4n) is 1.97. The Balaban J connectivity index is 2.34. The maximum Gasteiger partial charge on any atom is 0.152 e. The van der Waals surface area contributed by atoms with Crippen molar-refractivity contribution in [2.45, 2.75) is 13.0 Å². The lowest BCUT2D eigenvalue weighted by Gasteiger charge is -2.35. The van der Waals surface area contributed by atoms with Gasteiger partial charge in [0.25, 0.3) is 0 Å². The number of halogens is 1. The molecule has 0 bridgehead atoms. The molecule has 0 N–H and O–H groups in total. The van der Waals surface area contributed by atoms with Crippen molar-refractivity contribution in [1.29, 1.82) is 0 Å². The molecule has 1 fully saturated rings. The average molecular weight is 300 g/mol. The normalized spacial score (nSPS) is 20.9. The van der Waals surface area contributed by atoms with Gasteiger partial charge in [-0.1, -0.05) is 15.9 Å². The second-order valence-corrected chi connectivity index (χ2v) is 6.00. The van der Waals surface area contributed by atoms with Gasteiger partial charge in [0.2, 0.25) is 0 Å². The number of carbonyl (C=O) groups is 1. The lowest BCUT2D eigenvalue weighted by Crippen LogP contribution is -2.40. The minimum Gasteiger partial charge on any atom is -0.367 e. The molecule has 1 aliphatic heterocycles. The summed E-state index contributed by atoms with van der Waals surface area (Å²) >= 11 is 5.37. The van der Waals surface area contributed by atoms with Crippen molar-refractivity contribution in [3.63, 3.8) is 0 Å². The second-order valence-electron chi connectivity index (χ2n) is 3.94. The van der Waals surface area contributed by atoms with E-state index in [2.05, 4.69) is 27.8 Å². The zero-order chi connectivity index (χ0) is 11.5. The molecule has 0 spiro atoms. The predicted octanol–water partition coefficient (Wildman–Crippen LogP) is 3.20. The number of anilines is 1. The van der Waals surface area contributed by atoms with Gasteiger partial charge >= 0.3 is 0 Å². The topological polar surface area (TPSA) is 20.3 Å². The number of hydrogen-bond donors (Lipinski definition) is 0. The van der Waals surface area contributed by atoms with Gasteiger partial charge in [-0.3, -0.25) is 4.79 Å². The van der Waals surface area contributed by atoms with Crippen LogP contribution in [-0.2, 0) is 0 Å². The van der Waals surface area contributed by atoms with Crippen molar-refractivity contribution >= 4 is 39.7 Å². The van der Waals surface area contributed by atoms with Gasteiger partial charge in [0, 0.05) is 39.8 Å². The molecule has 1 aromatic rings. The van der Waals surface area contributed by atoms with Crippen LogP contribution < -0.4 is 4.90 Å². The third kappa shape index (κ3) is 2.43. The van der Waals surface area contributed by atoms with E-state index in [0.717, 1.165) is 40.1 Å². The fourth-order valence-corrected chi connectivity index (χ4v) is 3.36. The van der Waals surface area contributed by atoms with Gasteiger partial charge in [0.1, 0.15) is 0 Å². The summed E-state index contributed by atoms with van der Waals surface area (Å²) in [5.74, 6) is 2.27. The van der Waals surface area contributed by atoms with Crippen molar-refractivity contribution in [1.82, 2.24) is 0 Å². The van der Waals surface area contributed by atoms with Crippen molar-refractivity contribution in [2.75, 3.05) is 23.0 Å². The van der Waals surface area contributed by atoms with E-state index in [4.69, 9.17) is 0 Å². The average Bonchev–Trinajstić information content (AvgIpc) is 2.30. The second kappa shape index (κ2) is 5.23. The molecule has 1 heterocycles. The van der Waals surface area contributed by atoms with E-state index in [1.165, 1.54) is 0 Å². The quantitative estimate of drug-likeness (QED) is 0.782. The Bertz CT molecular complexity index is 397. The SMILES string of the molecule is CC1CSCCN1c1ccc(Br)cc1C=O. The highest BCUT2D eigenvalue weighted by molar-refractivity contribution is 9.10. The van der Waals surface area contributed by atoms with Crippen LogP contribution in [0.25, 0.3) is 0 Å². The lowest BCUT2D eigenvalue weighted by atomic mass is 10.1. The highest BCUT2D eigenvalue weighted by Crippen LogP contribution is 2.28. The van der Waals surface area contributed by atoms with Crippen LogP contribution in [0.1, 0.15) is 17.3 Å². The smallest absolute Gasteiger partial charge is 0.152 e. The van der Waals surface area contributed by atoms with Gasteiger partial charge < -0.3 is 4.90 Å². The molecule has 86 valence electrons. The van der Waals surface area contributed by atoms with Crippen molar-refractivity contribution in [3.05, 3.63) is 28.2 Å². The van der Waals surface area contributed by atoms with E-state index in [0.29, 0.717) is 6.04 Å². The minimum atomic E-state index is 0.499. The van der Waals surface area contributed by atoms with E-state index < -0.39 is 0 Å². The number of aldehydes is 1. The summed E-state index contributed by atoms with van der Waals surface area (Å²) < 4.78 is 0.956. The van der Waals surface area contributed by atoms with Crippen LogP contribution in [0.15, 0.2) is 22.7 Å². The number of hydrogen-bond acceptors (Lipinski definition) is 3. The van der Waals surface area contributed by atoms with Crippen LogP contribution in [-0.4, -0.2) is 30.4 Å². The van der Waals surface area contributed by atoms with Gasteiger partial charge in [-0.15, -0.1) is 0 Å². The molecular formula is C12H14BrNOS. The largest absolute Gasteiger partial charge is 0.367 e. The monoisotopic (exact) mass is 299 g/mol. The number of rotatable bonds is 2. The van der Waals surface area contributed by atoms with E-state index in [1.54, 1.807) is 0 Å². The van der Waals surface area contributed by atoms with Crippen LogP contribution in [0.5, 0.6) is 0 Å². The summed E-state index contributed by atoms with van der Waals surface area (Å²) in [6.07, 6.45) is 0.939.